The number of hydrogen-bond acceptors (Lipinski definition) is 3. The summed E-state index contributed by atoms with van der Waals surface area (Å²) in [6.07, 6.45) is 9.57. The number of hydrogen-bond donors (Lipinski definition) is 2. The first-order valence-electron chi connectivity index (χ1n) is 8.41. The molecule has 4 atom stereocenters. The predicted molar refractivity (Wildman–Crippen MR) is 94.7 cm³/mol. The Labute approximate surface area is 146 Å². The van der Waals surface area contributed by atoms with Crippen molar-refractivity contribution in [1.29, 1.82) is 0 Å². The molecule has 0 aromatic carbocycles. The Morgan fingerprint density at radius 3 is 2.27 bits per heavy atom. The zero-order valence-electron chi connectivity index (χ0n) is 13.5. The van der Waals surface area contributed by atoms with E-state index in [0.29, 0.717) is 30.6 Å². The largest absolute Gasteiger partial charge is 0.353 e. The molecule has 3 N–H and O–H groups in total. The third-order valence-electron chi connectivity index (χ3n) is 5.98. The number of piperidine rings is 2. The zero-order valence-corrected chi connectivity index (χ0v) is 15.1. The van der Waals surface area contributed by atoms with Gasteiger partial charge in [-0.1, -0.05) is 12.8 Å². The summed E-state index contributed by atoms with van der Waals surface area (Å²) in [5, 5.41) is 3.35. The molecular formula is C16H31Cl2N3O. The summed E-state index contributed by atoms with van der Waals surface area (Å²) in [5.41, 5.74) is 5.80. The summed E-state index contributed by atoms with van der Waals surface area (Å²) in [5.74, 6) is 0.880. The molecule has 3 fully saturated rings. The van der Waals surface area contributed by atoms with Crippen LogP contribution in [0.3, 0.4) is 0 Å². The second kappa shape index (κ2) is 8.72. The average Bonchev–Trinajstić information content (AvgIpc) is 2.88. The van der Waals surface area contributed by atoms with Gasteiger partial charge in [-0.15, -0.1) is 24.8 Å². The van der Waals surface area contributed by atoms with Crippen LogP contribution in [0, 0.1) is 11.8 Å². The van der Waals surface area contributed by atoms with Crippen LogP contribution in [0.25, 0.3) is 0 Å². The van der Waals surface area contributed by atoms with Crippen molar-refractivity contribution in [3.8, 4) is 0 Å². The molecule has 6 heteroatoms. The summed E-state index contributed by atoms with van der Waals surface area (Å²) >= 11 is 0. The summed E-state index contributed by atoms with van der Waals surface area (Å²) in [7, 11) is 2.26. The molecule has 2 saturated heterocycles. The van der Waals surface area contributed by atoms with Crippen molar-refractivity contribution in [2.24, 2.45) is 17.6 Å². The molecule has 2 aliphatic heterocycles. The highest BCUT2D eigenvalue weighted by atomic mass is 35.5. The van der Waals surface area contributed by atoms with Gasteiger partial charge in [0.05, 0.1) is 0 Å². The highest BCUT2D eigenvalue weighted by Crippen LogP contribution is 2.34. The summed E-state index contributed by atoms with van der Waals surface area (Å²) in [6.45, 7) is 0.663. The van der Waals surface area contributed by atoms with Crippen molar-refractivity contribution in [3.63, 3.8) is 0 Å². The molecule has 1 amide bonds. The Hall–Kier alpha value is -0.0300. The molecule has 130 valence electrons. The molecule has 0 spiro atoms. The van der Waals surface area contributed by atoms with Crippen LogP contribution in [-0.2, 0) is 4.79 Å². The van der Waals surface area contributed by atoms with Crippen molar-refractivity contribution >= 4 is 30.7 Å². The van der Waals surface area contributed by atoms with Crippen LogP contribution in [0.1, 0.15) is 51.4 Å². The van der Waals surface area contributed by atoms with Gasteiger partial charge in [-0.25, -0.2) is 0 Å². The van der Waals surface area contributed by atoms with E-state index in [2.05, 4.69) is 17.3 Å². The Balaban J connectivity index is 0.00000121. The summed E-state index contributed by atoms with van der Waals surface area (Å²) in [4.78, 5) is 15.0. The van der Waals surface area contributed by atoms with Gasteiger partial charge in [0.15, 0.2) is 0 Å². The Morgan fingerprint density at radius 2 is 1.68 bits per heavy atom. The van der Waals surface area contributed by atoms with Crippen LogP contribution >= 0.6 is 24.8 Å². The lowest BCUT2D eigenvalue weighted by atomic mass is 9.82. The molecular weight excluding hydrogens is 321 g/mol. The van der Waals surface area contributed by atoms with Gasteiger partial charge in [-0.2, -0.15) is 0 Å². The van der Waals surface area contributed by atoms with Crippen molar-refractivity contribution < 1.29 is 4.79 Å². The minimum absolute atomic E-state index is 0. The van der Waals surface area contributed by atoms with Gasteiger partial charge in [0.25, 0.3) is 0 Å². The first-order chi connectivity index (χ1) is 9.69. The number of nitrogens with zero attached hydrogens (tertiary/aromatic N) is 1. The lowest BCUT2D eigenvalue weighted by molar-refractivity contribution is -0.127. The molecule has 3 aliphatic rings. The van der Waals surface area contributed by atoms with Crippen molar-refractivity contribution in [2.45, 2.75) is 69.5 Å². The SMILES string of the molecule is CN1C2CCCC1CC(NC(=O)[C@@H]1CCC[C@@H]1CN)C2.Cl.Cl. The fourth-order valence-corrected chi connectivity index (χ4v) is 4.71. The fourth-order valence-electron chi connectivity index (χ4n) is 4.71. The van der Waals surface area contributed by atoms with Crippen LogP contribution in [0.5, 0.6) is 0 Å². The lowest BCUT2D eigenvalue weighted by Crippen LogP contribution is -2.56. The number of nitrogens with two attached hydrogens (primary N) is 1. The third-order valence-corrected chi connectivity index (χ3v) is 5.98. The number of fused-ring (bicyclic) bond motifs is 2. The molecule has 0 aromatic rings. The normalized spacial score (nSPS) is 37.8. The minimum atomic E-state index is 0. The van der Waals surface area contributed by atoms with E-state index in [9.17, 15) is 4.79 Å². The highest BCUT2D eigenvalue weighted by Gasteiger charge is 2.38. The minimum Gasteiger partial charge on any atom is -0.353 e. The molecule has 22 heavy (non-hydrogen) atoms. The van der Waals surface area contributed by atoms with E-state index in [1.54, 1.807) is 0 Å². The topological polar surface area (TPSA) is 58.4 Å². The van der Waals surface area contributed by atoms with Gasteiger partial charge >= 0.3 is 0 Å². The van der Waals surface area contributed by atoms with Crippen molar-refractivity contribution in [1.82, 2.24) is 10.2 Å². The van der Waals surface area contributed by atoms with Crippen LogP contribution < -0.4 is 11.1 Å². The van der Waals surface area contributed by atoms with Crippen LogP contribution in [0.15, 0.2) is 0 Å². The second-order valence-corrected chi connectivity index (χ2v) is 7.11. The maximum absolute atomic E-state index is 12.5. The first kappa shape index (κ1) is 20.0. The van der Waals surface area contributed by atoms with E-state index < -0.39 is 0 Å². The smallest absolute Gasteiger partial charge is 0.223 e. The van der Waals surface area contributed by atoms with Gasteiger partial charge in [0.2, 0.25) is 5.91 Å². The number of halogens is 2. The van der Waals surface area contributed by atoms with E-state index in [-0.39, 0.29) is 36.6 Å². The van der Waals surface area contributed by atoms with Gasteiger partial charge in [-0.05, 0) is 58.0 Å². The van der Waals surface area contributed by atoms with E-state index in [0.717, 1.165) is 25.7 Å². The van der Waals surface area contributed by atoms with Crippen molar-refractivity contribution in [3.05, 3.63) is 0 Å². The van der Waals surface area contributed by atoms with Crippen molar-refractivity contribution in [2.75, 3.05) is 13.6 Å². The van der Waals surface area contributed by atoms with Gasteiger partial charge in [0, 0.05) is 24.0 Å². The molecule has 0 radical (unpaired) electrons. The Kier molecular flexibility index (Phi) is 7.93. The molecule has 0 aromatic heterocycles. The predicted octanol–water partition coefficient (Wildman–Crippen LogP) is 2.34. The van der Waals surface area contributed by atoms with Gasteiger partial charge < -0.3 is 16.0 Å². The number of carbonyl (C=O) groups excluding carboxylic acids is 1. The standard InChI is InChI=1S/C16H29N3O.2ClH/c1-19-13-5-3-6-14(19)9-12(8-13)18-16(20)15-7-2-4-11(15)10-17;;/h11-15H,2-10,17H2,1H3,(H,18,20);2*1H/t11-,12?,13?,14?,15-;;/m1../s1. The third kappa shape index (κ3) is 4.08. The number of rotatable bonds is 3. The number of nitrogens with one attached hydrogen (secondary N) is 1. The quantitative estimate of drug-likeness (QED) is 0.820. The zero-order chi connectivity index (χ0) is 14.1. The molecule has 2 unspecified atom stereocenters. The monoisotopic (exact) mass is 351 g/mol. The van der Waals surface area contributed by atoms with E-state index in [4.69, 9.17) is 5.73 Å². The Morgan fingerprint density at radius 1 is 1.09 bits per heavy atom. The molecule has 1 saturated carbocycles. The summed E-state index contributed by atoms with van der Waals surface area (Å²) in [6, 6.07) is 1.76. The second-order valence-electron chi connectivity index (χ2n) is 7.11. The molecule has 1 aliphatic carbocycles. The molecule has 2 heterocycles. The molecule has 4 nitrogen and oxygen atoms in total. The van der Waals surface area contributed by atoms with E-state index in [1.807, 2.05) is 0 Å². The van der Waals surface area contributed by atoms with Crippen LogP contribution in [0.2, 0.25) is 0 Å². The summed E-state index contributed by atoms with van der Waals surface area (Å²) < 4.78 is 0. The number of carbonyl (C=O) groups is 1. The Bertz CT molecular complexity index is 355. The average molecular weight is 352 g/mol. The van der Waals surface area contributed by atoms with Gasteiger partial charge in [-0.3, -0.25) is 4.79 Å². The lowest BCUT2D eigenvalue weighted by Gasteiger charge is -2.47. The molecule has 2 bridgehead atoms. The van der Waals surface area contributed by atoms with E-state index >= 15 is 0 Å². The first-order valence-corrected chi connectivity index (χ1v) is 8.41. The highest BCUT2D eigenvalue weighted by molar-refractivity contribution is 5.85. The van der Waals surface area contributed by atoms with Crippen LogP contribution in [0.4, 0.5) is 0 Å². The number of amides is 1. The molecule has 3 rings (SSSR count). The van der Waals surface area contributed by atoms with E-state index in [1.165, 1.54) is 25.7 Å². The maximum atomic E-state index is 12.5. The fraction of sp³-hybridized carbons (Fsp3) is 0.938. The van der Waals surface area contributed by atoms with Crippen LogP contribution in [-0.4, -0.2) is 42.5 Å². The maximum Gasteiger partial charge on any atom is 0.223 e. The van der Waals surface area contributed by atoms with Gasteiger partial charge in [0.1, 0.15) is 0 Å².